The summed E-state index contributed by atoms with van der Waals surface area (Å²) in [6.07, 6.45) is 1.92. The van der Waals surface area contributed by atoms with E-state index >= 15 is 0 Å². The lowest BCUT2D eigenvalue weighted by Gasteiger charge is -2.26. The molecule has 1 aromatic carbocycles. The van der Waals surface area contributed by atoms with Gasteiger partial charge in [-0.25, -0.2) is 4.39 Å². The van der Waals surface area contributed by atoms with Gasteiger partial charge in [-0.3, -0.25) is 9.78 Å². The first-order valence-corrected chi connectivity index (χ1v) is 10.1. The summed E-state index contributed by atoms with van der Waals surface area (Å²) in [5.74, 6) is -0.732. The number of pyridine rings is 1. The molecule has 3 heterocycles. The van der Waals surface area contributed by atoms with Crippen molar-refractivity contribution >= 4 is 28.9 Å². The number of halogens is 1. The molecule has 0 saturated carbocycles. The monoisotopic (exact) mass is 423 g/mol. The van der Waals surface area contributed by atoms with Gasteiger partial charge >= 0.3 is 0 Å². The molecule has 1 aliphatic heterocycles. The van der Waals surface area contributed by atoms with Crippen molar-refractivity contribution in [3.8, 4) is 0 Å². The third kappa shape index (κ3) is 4.18. The molecule has 4 rings (SSSR count). The lowest BCUT2D eigenvalue weighted by Crippen LogP contribution is -2.33. The average molecular weight is 424 g/mol. The van der Waals surface area contributed by atoms with Gasteiger partial charge in [0.2, 0.25) is 5.91 Å². The van der Waals surface area contributed by atoms with Crippen LogP contribution in [0.3, 0.4) is 0 Å². The molecule has 2 atom stereocenters. The van der Waals surface area contributed by atoms with E-state index in [-0.39, 0.29) is 30.1 Å². The van der Waals surface area contributed by atoms with Crippen LogP contribution in [0, 0.1) is 12.7 Å². The molecule has 1 aliphatic rings. The molecular weight excluding hydrogens is 401 g/mol. The molecule has 3 aromatic rings. The number of carbonyl (C=O) groups is 1. The van der Waals surface area contributed by atoms with Crippen LogP contribution in [-0.2, 0) is 4.79 Å². The molecule has 8 heteroatoms. The van der Waals surface area contributed by atoms with Crippen molar-refractivity contribution in [2.24, 2.45) is 0 Å². The van der Waals surface area contributed by atoms with Crippen LogP contribution in [0.2, 0.25) is 0 Å². The van der Waals surface area contributed by atoms with Crippen molar-refractivity contribution in [1.82, 2.24) is 20.2 Å². The first-order chi connectivity index (χ1) is 14.5. The topological polar surface area (TPSA) is 73.1 Å². The molecule has 0 radical (unpaired) electrons. The van der Waals surface area contributed by atoms with Gasteiger partial charge in [0.15, 0.2) is 5.11 Å². The Morgan fingerprint density at radius 2 is 2.00 bits per heavy atom. The first kappa shape index (κ1) is 20.0. The fourth-order valence-corrected chi connectivity index (χ4v) is 4.01. The number of hydrogen-bond donors (Lipinski definition) is 3. The second-order valence-electron chi connectivity index (χ2n) is 7.19. The van der Waals surface area contributed by atoms with Gasteiger partial charge in [0, 0.05) is 30.6 Å². The van der Waals surface area contributed by atoms with Gasteiger partial charge in [-0.1, -0.05) is 18.2 Å². The largest absolute Gasteiger partial charge is 0.361 e. The van der Waals surface area contributed by atoms with Crippen molar-refractivity contribution in [3.05, 3.63) is 83.7 Å². The number of amides is 1. The fraction of sp³-hybridized carbons (Fsp3) is 0.227. The van der Waals surface area contributed by atoms with Crippen LogP contribution in [0.1, 0.15) is 35.6 Å². The number of nitrogens with zero attached hydrogens (tertiary/aromatic N) is 2. The molecule has 154 valence electrons. The highest BCUT2D eigenvalue weighted by Crippen LogP contribution is 2.38. The number of benzene rings is 1. The minimum atomic E-state index is -0.459. The zero-order chi connectivity index (χ0) is 21.1. The van der Waals surface area contributed by atoms with Crippen LogP contribution in [0.5, 0.6) is 0 Å². The molecule has 6 nitrogen and oxygen atoms in total. The van der Waals surface area contributed by atoms with Crippen molar-refractivity contribution in [2.45, 2.75) is 25.4 Å². The number of aryl methyl sites for hydroxylation is 1. The molecule has 1 fully saturated rings. The average Bonchev–Trinajstić information content (AvgIpc) is 3.31. The van der Waals surface area contributed by atoms with Gasteiger partial charge < -0.3 is 20.5 Å². The smallest absolute Gasteiger partial charge is 0.226 e. The third-order valence-electron chi connectivity index (χ3n) is 5.10. The van der Waals surface area contributed by atoms with E-state index in [0.717, 1.165) is 17.1 Å². The van der Waals surface area contributed by atoms with Crippen molar-refractivity contribution in [2.75, 3.05) is 11.9 Å². The zero-order valence-corrected chi connectivity index (χ0v) is 17.2. The highest BCUT2D eigenvalue weighted by atomic mass is 32.1. The lowest BCUT2D eigenvalue weighted by atomic mass is 10.0. The molecule has 3 N–H and O–H groups in total. The van der Waals surface area contributed by atoms with Gasteiger partial charge in [0.1, 0.15) is 5.82 Å². The maximum Gasteiger partial charge on any atom is 0.226 e. The van der Waals surface area contributed by atoms with E-state index < -0.39 is 5.82 Å². The summed E-state index contributed by atoms with van der Waals surface area (Å²) in [4.78, 5) is 22.3. The van der Waals surface area contributed by atoms with Crippen LogP contribution in [0.25, 0.3) is 0 Å². The highest BCUT2D eigenvalue weighted by Gasteiger charge is 2.40. The van der Waals surface area contributed by atoms with E-state index in [1.54, 1.807) is 18.3 Å². The van der Waals surface area contributed by atoms with Crippen LogP contribution in [0.4, 0.5) is 10.1 Å². The number of aromatic nitrogens is 2. The van der Waals surface area contributed by atoms with Crippen LogP contribution >= 0.6 is 12.2 Å². The zero-order valence-electron chi connectivity index (χ0n) is 16.4. The fourth-order valence-electron chi connectivity index (χ4n) is 3.68. The molecule has 2 aromatic heterocycles. The van der Waals surface area contributed by atoms with E-state index in [1.807, 2.05) is 42.2 Å². The van der Waals surface area contributed by atoms with Crippen LogP contribution in [-0.4, -0.2) is 32.4 Å². The SMILES string of the molecule is Cc1ccc(C2C(c3ccccn3)NC(=S)N2CCC(=O)Nc2ccccc2F)[nH]1. The summed E-state index contributed by atoms with van der Waals surface area (Å²) >= 11 is 5.59. The van der Waals surface area contributed by atoms with Gasteiger partial charge in [0.25, 0.3) is 0 Å². The molecule has 0 spiro atoms. The first-order valence-electron chi connectivity index (χ1n) is 9.71. The summed E-state index contributed by atoms with van der Waals surface area (Å²) in [5, 5.41) is 6.53. The number of para-hydroxylation sites is 1. The molecule has 30 heavy (non-hydrogen) atoms. The van der Waals surface area contributed by atoms with Gasteiger partial charge in [-0.15, -0.1) is 0 Å². The second-order valence-corrected chi connectivity index (χ2v) is 7.58. The maximum absolute atomic E-state index is 13.8. The van der Waals surface area contributed by atoms with Crippen LogP contribution < -0.4 is 10.6 Å². The number of rotatable bonds is 6. The minimum absolute atomic E-state index is 0.137. The molecular formula is C22H22FN5OS. The maximum atomic E-state index is 13.8. The molecule has 0 bridgehead atoms. The normalized spacial score (nSPS) is 18.3. The number of thiocarbonyl (C=S) groups is 1. The Labute approximate surface area is 179 Å². The van der Waals surface area contributed by atoms with E-state index in [9.17, 15) is 9.18 Å². The number of aromatic amines is 1. The van der Waals surface area contributed by atoms with E-state index in [4.69, 9.17) is 12.2 Å². The van der Waals surface area contributed by atoms with E-state index in [0.29, 0.717) is 11.7 Å². The minimum Gasteiger partial charge on any atom is -0.361 e. The number of carbonyl (C=O) groups excluding carboxylic acids is 1. The number of hydrogen-bond acceptors (Lipinski definition) is 3. The van der Waals surface area contributed by atoms with Crippen molar-refractivity contribution in [3.63, 3.8) is 0 Å². The van der Waals surface area contributed by atoms with E-state index in [1.165, 1.54) is 12.1 Å². The standard InChI is InChI=1S/C22H22FN5OS/c1-14-9-10-18(25-14)21-20(17-8-4-5-12-24-17)27-22(30)28(21)13-11-19(29)26-16-7-3-2-6-15(16)23/h2-10,12,20-21,25H,11,13H2,1H3,(H,26,29)(H,27,30). The lowest BCUT2D eigenvalue weighted by molar-refractivity contribution is -0.116. The van der Waals surface area contributed by atoms with Crippen LogP contribution in [0.15, 0.2) is 60.8 Å². The number of H-pyrrole nitrogens is 1. The number of anilines is 1. The predicted octanol–water partition coefficient (Wildman–Crippen LogP) is 3.86. The highest BCUT2D eigenvalue weighted by molar-refractivity contribution is 7.80. The molecule has 1 amide bonds. The number of nitrogens with one attached hydrogen (secondary N) is 3. The quantitative estimate of drug-likeness (QED) is 0.525. The second kappa shape index (κ2) is 8.62. The summed E-state index contributed by atoms with van der Waals surface area (Å²) in [6.45, 7) is 2.38. The predicted molar refractivity (Wildman–Crippen MR) is 117 cm³/mol. The van der Waals surface area contributed by atoms with Gasteiger partial charge in [-0.05, 0) is 55.5 Å². The van der Waals surface area contributed by atoms with Crippen molar-refractivity contribution in [1.29, 1.82) is 0 Å². The summed E-state index contributed by atoms with van der Waals surface area (Å²) in [7, 11) is 0. The Hall–Kier alpha value is -3.26. The Morgan fingerprint density at radius 1 is 1.20 bits per heavy atom. The van der Waals surface area contributed by atoms with Gasteiger partial charge in [-0.2, -0.15) is 0 Å². The Kier molecular flexibility index (Phi) is 5.76. The molecule has 2 unspecified atom stereocenters. The van der Waals surface area contributed by atoms with Gasteiger partial charge in [0.05, 0.1) is 23.5 Å². The Bertz CT molecular complexity index is 1050. The molecule has 0 aliphatic carbocycles. The Morgan fingerprint density at radius 3 is 2.70 bits per heavy atom. The Balaban J connectivity index is 1.52. The van der Waals surface area contributed by atoms with E-state index in [2.05, 4.69) is 20.6 Å². The summed E-state index contributed by atoms with van der Waals surface area (Å²) in [5.41, 5.74) is 3.08. The summed E-state index contributed by atoms with van der Waals surface area (Å²) < 4.78 is 13.8. The summed E-state index contributed by atoms with van der Waals surface area (Å²) in [6, 6.07) is 15.6. The van der Waals surface area contributed by atoms with Crippen molar-refractivity contribution < 1.29 is 9.18 Å². The third-order valence-corrected chi connectivity index (χ3v) is 5.45. The molecule has 1 saturated heterocycles.